The summed E-state index contributed by atoms with van der Waals surface area (Å²) in [5.41, 5.74) is 2.00. The molecule has 136 valence electrons. The minimum atomic E-state index is -0.368. The number of hydrogen-bond acceptors (Lipinski definition) is 4. The van der Waals surface area contributed by atoms with Crippen molar-refractivity contribution in [2.24, 2.45) is 0 Å². The number of halogens is 1. The highest BCUT2D eigenvalue weighted by Gasteiger charge is 2.17. The highest BCUT2D eigenvalue weighted by Crippen LogP contribution is 2.27. The lowest BCUT2D eigenvalue weighted by Gasteiger charge is -2.20. The summed E-state index contributed by atoms with van der Waals surface area (Å²) in [6, 6.07) is 13.7. The lowest BCUT2D eigenvalue weighted by atomic mass is 10.1. The van der Waals surface area contributed by atoms with Gasteiger partial charge in [0.25, 0.3) is 11.8 Å². The molecule has 0 radical (unpaired) electrons. The standard InChI is InChI=1S/C20H17ClN4O2/c1-25(20(27)14-8-11-22-12-9-14)13-15-5-4-6-16(21)18(15)24-19(26)17-7-2-3-10-23-17/h2-12H,13H2,1H3,(H,24,26). The second kappa shape index (κ2) is 8.42. The average Bonchev–Trinajstić information content (AvgIpc) is 2.71. The first-order chi connectivity index (χ1) is 13.1. The number of benzene rings is 1. The number of hydrogen-bond donors (Lipinski definition) is 1. The molecule has 2 aromatic heterocycles. The van der Waals surface area contributed by atoms with Gasteiger partial charge in [-0.1, -0.05) is 29.8 Å². The molecule has 0 saturated carbocycles. The van der Waals surface area contributed by atoms with E-state index in [2.05, 4.69) is 15.3 Å². The molecule has 1 aromatic carbocycles. The topological polar surface area (TPSA) is 75.2 Å². The third kappa shape index (κ3) is 4.48. The van der Waals surface area contributed by atoms with Crippen molar-refractivity contribution in [1.29, 1.82) is 0 Å². The van der Waals surface area contributed by atoms with Crippen LogP contribution in [0.25, 0.3) is 0 Å². The van der Waals surface area contributed by atoms with E-state index >= 15 is 0 Å². The van der Waals surface area contributed by atoms with E-state index in [1.54, 1.807) is 73.0 Å². The Bertz CT molecular complexity index is 949. The van der Waals surface area contributed by atoms with Crippen molar-refractivity contribution in [3.8, 4) is 0 Å². The maximum atomic E-state index is 12.6. The molecule has 0 bridgehead atoms. The van der Waals surface area contributed by atoms with Gasteiger partial charge in [-0.05, 0) is 35.9 Å². The van der Waals surface area contributed by atoms with Crippen LogP contribution in [0.3, 0.4) is 0 Å². The van der Waals surface area contributed by atoms with Crippen molar-refractivity contribution in [2.45, 2.75) is 6.54 Å². The van der Waals surface area contributed by atoms with E-state index in [1.165, 1.54) is 0 Å². The van der Waals surface area contributed by atoms with E-state index in [0.717, 1.165) is 5.56 Å². The van der Waals surface area contributed by atoms with Crippen molar-refractivity contribution >= 4 is 29.1 Å². The largest absolute Gasteiger partial charge is 0.337 e. The molecule has 0 aliphatic rings. The van der Waals surface area contributed by atoms with Crippen molar-refractivity contribution < 1.29 is 9.59 Å². The number of amides is 2. The SMILES string of the molecule is CN(Cc1cccc(Cl)c1NC(=O)c1ccccn1)C(=O)c1ccncc1. The number of anilines is 1. The Kier molecular flexibility index (Phi) is 5.78. The molecule has 0 aliphatic carbocycles. The molecule has 3 aromatic rings. The number of pyridine rings is 2. The second-order valence-corrected chi connectivity index (χ2v) is 6.25. The fraction of sp³-hybridized carbons (Fsp3) is 0.100. The molecule has 6 nitrogen and oxygen atoms in total. The quantitative estimate of drug-likeness (QED) is 0.733. The summed E-state index contributed by atoms with van der Waals surface area (Å²) >= 11 is 6.29. The zero-order chi connectivity index (χ0) is 19.2. The zero-order valence-electron chi connectivity index (χ0n) is 14.6. The molecule has 0 unspecified atom stereocenters. The van der Waals surface area contributed by atoms with Crippen LogP contribution in [-0.4, -0.2) is 33.7 Å². The first-order valence-electron chi connectivity index (χ1n) is 8.21. The van der Waals surface area contributed by atoms with Crippen LogP contribution in [0.4, 0.5) is 5.69 Å². The van der Waals surface area contributed by atoms with E-state index < -0.39 is 0 Å². The maximum Gasteiger partial charge on any atom is 0.274 e. The van der Waals surface area contributed by atoms with E-state index in [1.807, 2.05) is 6.07 Å². The normalized spacial score (nSPS) is 10.3. The van der Waals surface area contributed by atoms with Crippen LogP contribution in [0, 0.1) is 0 Å². The lowest BCUT2D eigenvalue weighted by Crippen LogP contribution is -2.27. The second-order valence-electron chi connectivity index (χ2n) is 5.84. The van der Waals surface area contributed by atoms with Crippen molar-refractivity contribution in [3.63, 3.8) is 0 Å². The van der Waals surface area contributed by atoms with Crippen LogP contribution in [0.1, 0.15) is 26.4 Å². The van der Waals surface area contributed by atoms with Gasteiger partial charge < -0.3 is 10.2 Å². The van der Waals surface area contributed by atoms with Crippen LogP contribution in [0.2, 0.25) is 5.02 Å². The van der Waals surface area contributed by atoms with Crippen LogP contribution in [-0.2, 0) is 6.54 Å². The number of carbonyl (C=O) groups is 2. The molecule has 7 heteroatoms. The minimum Gasteiger partial charge on any atom is -0.337 e. The summed E-state index contributed by atoms with van der Waals surface area (Å²) < 4.78 is 0. The number of rotatable bonds is 5. The van der Waals surface area contributed by atoms with Crippen molar-refractivity contribution in [1.82, 2.24) is 14.9 Å². The average molecular weight is 381 g/mol. The van der Waals surface area contributed by atoms with Gasteiger partial charge in [0.2, 0.25) is 0 Å². The Morgan fingerprint density at radius 3 is 2.52 bits per heavy atom. The monoisotopic (exact) mass is 380 g/mol. The highest BCUT2D eigenvalue weighted by molar-refractivity contribution is 6.34. The van der Waals surface area contributed by atoms with Crippen LogP contribution in [0.5, 0.6) is 0 Å². The molecule has 0 fully saturated rings. The van der Waals surface area contributed by atoms with Crippen LogP contribution >= 0.6 is 11.6 Å². The summed E-state index contributed by atoms with van der Waals surface area (Å²) in [6.45, 7) is 0.277. The molecule has 0 atom stereocenters. The maximum absolute atomic E-state index is 12.6. The molecule has 27 heavy (non-hydrogen) atoms. The molecule has 2 amide bonds. The summed E-state index contributed by atoms with van der Waals surface area (Å²) in [5, 5.41) is 3.19. The van der Waals surface area contributed by atoms with Crippen LogP contribution < -0.4 is 5.32 Å². The summed E-state index contributed by atoms with van der Waals surface area (Å²) in [4.78, 5) is 34.5. The highest BCUT2D eigenvalue weighted by atomic mass is 35.5. The fourth-order valence-corrected chi connectivity index (χ4v) is 2.80. The molecule has 0 spiro atoms. The number of carbonyl (C=O) groups excluding carboxylic acids is 2. The Hall–Kier alpha value is -3.25. The van der Waals surface area contributed by atoms with Gasteiger partial charge in [0.1, 0.15) is 5.69 Å². The predicted octanol–water partition coefficient (Wildman–Crippen LogP) is 3.65. The number of nitrogens with one attached hydrogen (secondary N) is 1. The molecule has 3 rings (SSSR count). The van der Waals surface area contributed by atoms with E-state index in [0.29, 0.717) is 16.3 Å². The third-order valence-corrected chi connectivity index (χ3v) is 4.23. The van der Waals surface area contributed by atoms with E-state index in [4.69, 9.17) is 11.6 Å². The van der Waals surface area contributed by atoms with Crippen LogP contribution in [0.15, 0.2) is 67.1 Å². The van der Waals surface area contributed by atoms with Gasteiger partial charge in [-0.3, -0.25) is 19.6 Å². The van der Waals surface area contributed by atoms with Gasteiger partial charge >= 0.3 is 0 Å². The summed E-state index contributed by atoms with van der Waals surface area (Å²) in [7, 11) is 1.69. The third-order valence-electron chi connectivity index (χ3n) is 3.92. The molecule has 2 heterocycles. The Morgan fingerprint density at radius 1 is 1.04 bits per heavy atom. The zero-order valence-corrected chi connectivity index (χ0v) is 15.3. The molecular formula is C20H17ClN4O2. The first kappa shape index (κ1) is 18.5. The van der Waals surface area contributed by atoms with Crippen molar-refractivity contribution in [3.05, 3.63) is 89.0 Å². The number of aromatic nitrogens is 2. The minimum absolute atomic E-state index is 0.153. The molecule has 1 N–H and O–H groups in total. The summed E-state index contributed by atoms with van der Waals surface area (Å²) in [5.74, 6) is -0.521. The lowest BCUT2D eigenvalue weighted by molar-refractivity contribution is 0.0785. The van der Waals surface area contributed by atoms with E-state index in [-0.39, 0.29) is 24.1 Å². The molecule has 0 aliphatic heterocycles. The van der Waals surface area contributed by atoms with Gasteiger partial charge in [0.05, 0.1) is 10.7 Å². The van der Waals surface area contributed by atoms with E-state index in [9.17, 15) is 9.59 Å². The van der Waals surface area contributed by atoms with Gasteiger partial charge in [-0.2, -0.15) is 0 Å². The van der Waals surface area contributed by atoms with Gasteiger partial charge in [0.15, 0.2) is 0 Å². The predicted molar refractivity (Wildman–Crippen MR) is 104 cm³/mol. The molecular weight excluding hydrogens is 364 g/mol. The summed E-state index contributed by atoms with van der Waals surface area (Å²) in [6.07, 6.45) is 4.68. The Labute approximate surface area is 161 Å². The number of para-hydroxylation sites is 1. The first-order valence-corrected chi connectivity index (χ1v) is 8.59. The van der Waals surface area contributed by atoms with Gasteiger partial charge in [-0.15, -0.1) is 0 Å². The Balaban J connectivity index is 1.81. The smallest absolute Gasteiger partial charge is 0.274 e. The number of nitrogens with zero attached hydrogens (tertiary/aromatic N) is 3. The van der Waals surface area contributed by atoms with Gasteiger partial charge in [0, 0.05) is 37.7 Å². The Morgan fingerprint density at radius 2 is 1.81 bits per heavy atom. The van der Waals surface area contributed by atoms with Gasteiger partial charge in [-0.25, -0.2) is 0 Å². The van der Waals surface area contributed by atoms with Crippen molar-refractivity contribution in [2.75, 3.05) is 12.4 Å². The fourth-order valence-electron chi connectivity index (χ4n) is 2.56. The molecule has 0 saturated heterocycles.